The third kappa shape index (κ3) is 544. The van der Waals surface area contributed by atoms with Crippen molar-refractivity contribution in [2.45, 2.75) is 0 Å². The van der Waals surface area contributed by atoms with Gasteiger partial charge in [0, 0.05) is 0 Å². The van der Waals surface area contributed by atoms with E-state index in [1.54, 1.807) is 0 Å². The number of hydrogen-bond donors (Lipinski definition) is 0. The van der Waals surface area contributed by atoms with E-state index in [1.165, 1.54) is 0 Å². The van der Waals surface area contributed by atoms with E-state index < -0.39 is 5.20 Å². The van der Waals surface area contributed by atoms with Crippen molar-refractivity contribution >= 4 is 38.9 Å². The first kappa shape index (κ1) is 11.4. The summed E-state index contributed by atoms with van der Waals surface area (Å²) in [5.74, 6) is 0. The number of hydrogen-bond acceptors (Lipinski definition) is 1. The molecule has 0 saturated heterocycles. The minimum Gasteiger partial charge on any atom is -0.271 e. The van der Waals surface area contributed by atoms with Crippen molar-refractivity contribution in [1.29, 1.82) is 0 Å². The molecule has 48 valence electrons. The Morgan fingerprint density at radius 1 is 1.25 bits per heavy atom. The van der Waals surface area contributed by atoms with Crippen LogP contribution in [-0.2, 0) is 4.57 Å². The minimum absolute atomic E-state index is 2.25. The molecule has 5 heteroatoms. The Kier molecular flexibility index (Phi) is 8.21. The summed E-state index contributed by atoms with van der Waals surface area (Å²) in [5, 5.41) is -3.22. The van der Waals surface area contributed by atoms with Crippen molar-refractivity contribution in [2.24, 2.45) is 0 Å². The lowest BCUT2D eigenvalue weighted by Crippen LogP contribution is -1.19. The Bertz CT molecular complexity index is 112. The molecular formula is C3H4Cl3OP. The molecule has 0 fully saturated rings. The molecule has 0 aromatic heterocycles. The predicted octanol–water partition coefficient (Wildman–Crippen LogP) is 3.77. The smallest absolute Gasteiger partial charge is 0.271 e. The van der Waals surface area contributed by atoms with E-state index in [4.69, 9.17) is 0 Å². The molecule has 0 aromatic rings. The van der Waals surface area contributed by atoms with Gasteiger partial charge in [0.1, 0.15) is 0 Å². The van der Waals surface area contributed by atoms with Crippen molar-refractivity contribution in [3.63, 3.8) is 0 Å². The molecule has 0 N–H and O–H groups in total. The highest BCUT2D eigenvalue weighted by molar-refractivity contribution is 8.24. The molecule has 0 aliphatic heterocycles. The molecule has 0 saturated carbocycles. The summed E-state index contributed by atoms with van der Waals surface area (Å²) in [6, 6.07) is 0. The highest BCUT2D eigenvalue weighted by Crippen LogP contribution is 2.61. The fourth-order valence-electron chi connectivity index (χ4n) is 0. The SMILES string of the molecule is C=C=C.O=P(Cl)(Cl)Cl. The lowest BCUT2D eigenvalue weighted by molar-refractivity contribution is 0.600. The number of halogens is 3. The lowest BCUT2D eigenvalue weighted by atomic mass is 11.0. The van der Waals surface area contributed by atoms with Gasteiger partial charge in [-0.3, -0.25) is 4.57 Å². The maximum Gasteiger partial charge on any atom is 0.339 e. The standard InChI is InChI=1S/C3H4.Cl3OP/c1-3-2;1-5(2,3)4/h1-2H2;. The molecule has 0 aliphatic carbocycles. The zero-order valence-electron chi connectivity index (χ0n) is 3.90. The minimum atomic E-state index is -3.22. The Morgan fingerprint density at radius 3 is 1.25 bits per heavy atom. The van der Waals surface area contributed by atoms with Gasteiger partial charge in [-0.1, -0.05) is 13.2 Å². The summed E-state index contributed by atoms with van der Waals surface area (Å²) in [5.41, 5.74) is 2.25. The van der Waals surface area contributed by atoms with Crippen LogP contribution in [-0.4, -0.2) is 0 Å². The Labute approximate surface area is 62.7 Å². The van der Waals surface area contributed by atoms with Gasteiger partial charge in [-0.25, -0.2) is 0 Å². The van der Waals surface area contributed by atoms with Gasteiger partial charge in [0.25, 0.3) is 0 Å². The van der Waals surface area contributed by atoms with Gasteiger partial charge in [0.05, 0.1) is 0 Å². The third-order valence-electron chi connectivity index (χ3n) is 0. The zero-order valence-corrected chi connectivity index (χ0v) is 7.07. The molecular weight excluding hydrogens is 189 g/mol. The largest absolute Gasteiger partial charge is 0.339 e. The van der Waals surface area contributed by atoms with Crippen LogP contribution in [0.3, 0.4) is 0 Å². The molecule has 0 amide bonds. The van der Waals surface area contributed by atoms with Crippen LogP contribution >= 0.6 is 38.9 Å². The molecule has 0 aliphatic rings. The van der Waals surface area contributed by atoms with Crippen LogP contribution in [0.2, 0.25) is 0 Å². The second kappa shape index (κ2) is 5.75. The second-order valence-electron chi connectivity index (χ2n) is 0.649. The molecule has 1 nitrogen and oxygen atoms in total. The summed E-state index contributed by atoms with van der Waals surface area (Å²) in [7, 11) is 0. The zero-order chi connectivity index (χ0) is 7.21. The molecule has 0 unspecified atom stereocenters. The number of rotatable bonds is 0. The van der Waals surface area contributed by atoms with E-state index in [0.717, 1.165) is 0 Å². The van der Waals surface area contributed by atoms with Gasteiger partial charge >= 0.3 is 5.20 Å². The van der Waals surface area contributed by atoms with E-state index >= 15 is 0 Å². The second-order valence-corrected chi connectivity index (χ2v) is 7.29. The van der Waals surface area contributed by atoms with Gasteiger partial charge in [-0.15, -0.1) is 5.73 Å². The van der Waals surface area contributed by atoms with Crippen molar-refractivity contribution in [1.82, 2.24) is 0 Å². The molecule has 8 heavy (non-hydrogen) atoms. The average Bonchev–Trinajstić information content (AvgIpc) is 1.27. The fraction of sp³-hybridized carbons (Fsp3) is 0. The Morgan fingerprint density at radius 2 is 1.25 bits per heavy atom. The van der Waals surface area contributed by atoms with Crippen LogP contribution in [0, 0.1) is 0 Å². The summed E-state index contributed by atoms with van der Waals surface area (Å²) < 4.78 is 9.51. The molecule has 0 heterocycles. The van der Waals surface area contributed by atoms with Crippen molar-refractivity contribution in [2.75, 3.05) is 0 Å². The third-order valence-corrected chi connectivity index (χ3v) is 0. The van der Waals surface area contributed by atoms with E-state index in [0.29, 0.717) is 0 Å². The van der Waals surface area contributed by atoms with Crippen LogP contribution in [0.5, 0.6) is 0 Å². The normalized spacial score (nSPS) is 8.38. The average molecular weight is 193 g/mol. The summed E-state index contributed by atoms with van der Waals surface area (Å²) >= 11 is 13.8. The van der Waals surface area contributed by atoms with E-state index in [2.05, 4.69) is 52.6 Å². The predicted molar refractivity (Wildman–Crippen MR) is 39.9 cm³/mol. The molecule has 0 spiro atoms. The van der Waals surface area contributed by atoms with Crippen molar-refractivity contribution in [3.05, 3.63) is 18.9 Å². The summed E-state index contributed by atoms with van der Waals surface area (Å²) in [4.78, 5) is 0. The van der Waals surface area contributed by atoms with Crippen LogP contribution in [0.25, 0.3) is 0 Å². The van der Waals surface area contributed by atoms with Crippen LogP contribution in [0.4, 0.5) is 0 Å². The van der Waals surface area contributed by atoms with Gasteiger partial charge < -0.3 is 0 Å². The first-order valence-corrected chi connectivity index (χ1v) is 5.82. The van der Waals surface area contributed by atoms with Gasteiger partial charge in [-0.2, -0.15) is 0 Å². The van der Waals surface area contributed by atoms with E-state index in [-0.39, 0.29) is 0 Å². The summed E-state index contributed by atoms with van der Waals surface area (Å²) in [6.45, 7) is 6.25. The first-order chi connectivity index (χ1) is 3.41. The molecule has 0 radical (unpaired) electrons. The lowest BCUT2D eigenvalue weighted by Gasteiger charge is -1.74. The van der Waals surface area contributed by atoms with Gasteiger partial charge in [0.2, 0.25) is 0 Å². The van der Waals surface area contributed by atoms with E-state index in [9.17, 15) is 4.57 Å². The topological polar surface area (TPSA) is 17.1 Å². The van der Waals surface area contributed by atoms with Gasteiger partial charge in [0.15, 0.2) is 0 Å². The maximum atomic E-state index is 9.51. The molecule has 0 rings (SSSR count). The monoisotopic (exact) mass is 192 g/mol. The van der Waals surface area contributed by atoms with Crippen LogP contribution in [0.1, 0.15) is 0 Å². The highest BCUT2D eigenvalue weighted by Gasteiger charge is 2.02. The van der Waals surface area contributed by atoms with Gasteiger partial charge in [-0.05, 0) is 33.7 Å². The van der Waals surface area contributed by atoms with Crippen LogP contribution < -0.4 is 0 Å². The van der Waals surface area contributed by atoms with Crippen LogP contribution in [0.15, 0.2) is 18.9 Å². The molecule has 0 aromatic carbocycles. The highest BCUT2D eigenvalue weighted by atomic mass is 36.0. The maximum absolute atomic E-state index is 9.51. The molecule has 0 atom stereocenters. The first-order valence-electron chi connectivity index (χ1n) is 1.40. The summed E-state index contributed by atoms with van der Waals surface area (Å²) in [6.07, 6.45) is 0. The quantitative estimate of drug-likeness (QED) is 0.423. The Balaban J connectivity index is 0. The molecule has 0 bridgehead atoms. The Hall–Kier alpha value is 0.620. The van der Waals surface area contributed by atoms with E-state index in [1.807, 2.05) is 0 Å². The van der Waals surface area contributed by atoms with Crippen molar-refractivity contribution in [3.8, 4) is 0 Å². The fourth-order valence-corrected chi connectivity index (χ4v) is 0. The van der Waals surface area contributed by atoms with Crippen molar-refractivity contribution < 1.29 is 4.57 Å².